The average Bonchev–Trinajstić information content (AvgIpc) is 3.39. The third-order valence-corrected chi connectivity index (χ3v) is 14.5. The summed E-state index contributed by atoms with van der Waals surface area (Å²) in [4.78, 5) is 22.8. The van der Waals surface area contributed by atoms with Gasteiger partial charge in [-0.3, -0.25) is 14.3 Å². The van der Waals surface area contributed by atoms with Crippen molar-refractivity contribution < 1.29 is 19.0 Å². The van der Waals surface area contributed by atoms with Crippen LogP contribution in [0.4, 0.5) is 5.69 Å². The van der Waals surface area contributed by atoms with Gasteiger partial charge in [0.25, 0.3) is 0 Å². The number of benzene rings is 1. The monoisotopic (exact) mass is 728 g/mol. The van der Waals surface area contributed by atoms with Crippen LogP contribution in [0.2, 0.25) is 56.4 Å². The summed E-state index contributed by atoms with van der Waals surface area (Å²) in [7, 11) is -0.666. The summed E-state index contributed by atoms with van der Waals surface area (Å²) in [6.07, 6.45) is 3.24. The molecule has 1 saturated carbocycles. The maximum atomic E-state index is 13.7. The normalized spacial score (nSPS) is 21.9. The molecule has 0 bridgehead atoms. The lowest BCUT2D eigenvalue weighted by Crippen LogP contribution is -2.50. The van der Waals surface area contributed by atoms with Gasteiger partial charge in [-0.05, 0) is 61.7 Å². The van der Waals surface area contributed by atoms with Gasteiger partial charge in [-0.25, -0.2) is 9.67 Å². The van der Waals surface area contributed by atoms with Gasteiger partial charge >= 0.3 is 0 Å². The number of likely N-dealkylation sites (N-methyl/N-ethyl adjacent to an activating group) is 1. The summed E-state index contributed by atoms with van der Waals surface area (Å²) in [5.41, 5.74) is 6.03. The fraction of sp³-hybridized carbons (Fsp3) is 0.694. The summed E-state index contributed by atoms with van der Waals surface area (Å²) >= 11 is 7.13. The molecule has 1 aliphatic heterocycles. The van der Waals surface area contributed by atoms with Gasteiger partial charge in [0.05, 0.1) is 35.3 Å². The second-order valence-electron chi connectivity index (χ2n) is 17.3. The fourth-order valence-corrected chi connectivity index (χ4v) is 9.02. The van der Waals surface area contributed by atoms with E-state index in [0.717, 1.165) is 72.9 Å². The largest absolute Gasteiger partial charge is 0.379 e. The minimum Gasteiger partial charge on any atom is -0.379 e. The van der Waals surface area contributed by atoms with Gasteiger partial charge in [-0.2, -0.15) is 5.10 Å². The fourth-order valence-electron chi connectivity index (χ4n) is 7.20. The number of carbonyl (C=O) groups excluding carboxylic acids is 1. The lowest BCUT2D eigenvalue weighted by Gasteiger charge is -2.33. The van der Waals surface area contributed by atoms with Gasteiger partial charge < -0.3 is 19.1 Å². The standard InChI is InChI=1S/C36H57ClN6O4Si2/c1-25(41-10-12-45-13-11-41)35(44)40(3)27-19-29(37)33-30(20-27)38-34(42(33)23-46-14-16-48(4,5)6)32-28-18-26-21-36(26,2)22-31(28)43(39-32)24-47-15-17-49(7,8)9/h19-20,25-26H,10-18,21-24H2,1-9H3/t25-,26+,36+/m0/s1. The molecule has 1 saturated heterocycles. The molecular weight excluding hydrogens is 672 g/mol. The van der Waals surface area contributed by atoms with Gasteiger partial charge in [0.15, 0.2) is 5.82 Å². The van der Waals surface area contributed by atoms with E-state index in [1.807, 2.05) is 26.1 Å². The number of halogens is 1. The topological polar surface area (TPSA) is 86.9 Å². The maximum absolute atomic E-state index is 13.7. The zero-order valence-corrected chi connectivity index (χ0v) is 34.0. The molecule has 2 aliphatic carbocycles. The number of aromatic nitrogens is 4. The van der Waals surface area contributed by atoms with Crippen molar-refractivity contribution in [1.29, 1.82) is 0 Å². The molecule has 3 heterocycles. The predicted octanol–water partition coefficient (Wildman–Crippen LogP) is 6.99. The number of hydrogen-bond donors (Lipinski definition) is 0. The Morgan fingerprint density at radius 3 is 2.39 bits per heavy atom. The molecule has 2 aromatic heterocycles. The molecule has 270 valence electrons. The van der Waals surface area contributed by atoms with Crippen LogP contribution in [0.25, 0.3) is 22.6 Å². The van der Waals surface area contributed by atoms with Crippen LogP contribution in [-0.4, -0.2) is 98.9 Å². The number of nitrogens with zero attached hydrogens (tertiary/aromatic N) is 6. The van der Waals surface area contributed by atoms with Crippen molar-refractivity contribution in [3.8, 4) is 11.5 Å². The molecule has 10 nitrogen and oxygen atoms in total. The number of anilines is 1. The molecule has 1 amide bonds. The van der Waals surface area contributed by atoms with E-state index in [1.54, 1.807) is 4.90 Å². The van der Waals surface area contributed by atoms with Crippen molar-refractivity contribution in [3.05, 3.63) is 28.4 Å². The molecule has 2 fully saturated rings. The van der Waals surface area contributed by atoms with Crippen LogP contribution >= 0.6 is 11.6 Å². The Morgan fingerprint density at radius 2 is 1.73 bits per heavy atom. The van der Waals surface area contributed by atoms with Gasteiger partial charge in [0, 0.05) is 66.4 Å². The van der Waals surface area contributed by atoms with Crippen molar-refractivity contribution in [2.45, 2.75) is 104 Å². The molecule has 3 aliphatic rings. The van der Waals surface area contributed by atoms with Crippen molar-refractivity contribution in [2.24, 2.45) is 11.3 Å². The first-order valence-electron chi connectivity index (χ1n) is 18.1. The number of imidazole rings is 1. The number of carbonyl (C=O) groups is 1. The average molecular weight is 730 g/mol. The van der Waals surface area contributed by atoms with E-state index in [4.69, 9.17) is 35.9 Å². The lowest BCUT2D eigenvalue weighted by atomic mass is 9.87. The van der Waals surface area contributed by atoms with E-state index in [-0.39, 0.29) is 11.9 Å². The quantitative estimate of drug-likeness (QED) is 0.131. The second kappa shape index (κ2) is 14.2. The highest BCUT2D eigenvalue weighted by Crippen LogP contribution is 2.60. The first kappa shape index (κ1) is 36.7. The summed E-state index contributed by atoms with van der Waals surface area (Å²) in [6.45, 7) is 23.6. The second-order valence-corrected chi connectivity index (χ2v) is 28.9. The van der Waals surface area contributed by atoms with Crippen molar-refractivity contribution in [2.75, 3.05) is 51.5 Å². The highest BCUT2D eigenvalue weighted by Gasteiger charge is 2.54. The smallest absolute Gasteiger partial charge is 0.243 e. The first-order chi connectivity index (χ1) is 23.0. The Hall–Kier alpha value is -2.07. The Morgan fingerprint density at radius 1 is 1.08 bits per heavy atom. The molecule has 3 atom stereocenters. The van der Waals surface area contributed by atoms with E-state index >= 15 is 0 Å². The molecule has 0 unspecified atom stereocenters. The number of morpholine rings is 1. The van der Waals surface area contributed by atoms with Crippen LogP contribution in [0, 0.1) is 11.3 Å². The van der Waals surface area contributed by atoms with Crippen molar-refractivity contribution >= 4 is 50.4 Å². The van der Waals surface area contributed by atoms with Gasteiger partial charge in [-0.15, -0.1) is 0 Å². The predicted molar refractivity (Wildman–Crippen MR) is 203 cm³/mol. The highest BCUT2D eigenvalue weighted by molar-refractivity contribution is 6.76. The number of hydrogen-bond acceptors (Lipinski definition) is 7. The van der Waals surface area contributed by atoms with Crippen molar-refractivity contribution in [3.63, 3.8) is 0 Å². The van der Waals surface area contributed by atoms with E-state index < -0.39 is 16.1 Å². The zero-order chi connectivity index (χ0) is 35.3. The van der Waals surface area contributed by atoms with E-state index in [9.17, 15) is 4.79 Å². The van der Waals surface area contributed by atoms with E-state index in [1.165, 1.54) is 17.7 Å². The van der Waals surface area contributed by atoms with Crippen molar-refractivity contribution in [1.82, 2.24) is 24.2 Å². The molecule has 49 heavy (non-hydrogen) atoms. The highest BCUT2D eigenvalue weighted by atomic mass is 35.5. The summed E-state index contributed by atoms with van der Waals surface area (Å²) in [5.74, 6) is 1.44. The Bertz CT molecular complexity index is 1670. The van der Waals surface area contributed by atoms with Crippen LogP contribution in [0.5, 0.6) is 0 Å². The van der Waals surface area contributed by atoms with Crippen LogP contribution in [0.15, 0.2) is 12.1 Å². The lowest BCUT2D eigenvalue weighted by molar-refractivity contribution is -0.124. The van der Waals surface area contributed by atoms with Gasteiger partial charge in [-0.1, -0.05) is 57.8 Å². The summed E-state index contributed by atoms with van der Waals surface area (Å²) in [5, 5.41) is 5.78. The molecule has 0 N–H and O–H groups in total. The maximum Gasteiger partial charge on any atom is 0.243 e. The van der Waals surface area contributed by atoms with E-state index in [0.29, 0.717) is 49.6 Å². The third-order valence-electron chi connectivity index (χ3n) is 10.8. The van der Waals surface area contributed by atoms with Crippen LogP contribution in [0.1, 0.15) is 31.5 Å². The summed E-state index contributed by atoms with van der Waals surface area (Å²) < 4.78 is 22.3. The molecular formula is C36H57ClN6O4Si2. The van der Waals surface area contributed by atoms with E-state index in [2.05, 4.69) is 60.4 Å². The Labute approximate surface area is 299 Å². The van der Waals surface area contributed by atoms with Crippen LogP contribution in [0.3, 0.4) is 0 Å². The number of ether oxygens (including phenoxy) is 3. The Kier molecular flexibility index (Phi) is 10.6. The molecule has 3 aromatic rings. The van der Waals surface area contributed by atoms with Crippen LogP contribution < -0.4 is 4.90 Å². The first-order valence-corrected chi connectivity index (χ1v) is 25.9. The molecule has 0 spiro atoms. The van der Waals surface area contributed by atoms with Gasteiger partial charge in [0.1, 0.15) is 19.2 Å². The summed E-state index contributed by atoms with van der Waals surface area (Å²) in [6, 6.07) is 5.78. The molecule has 6 rings (SSSR count). The Balaban J connectivity index is 1.37. The van der Waals surface area contributed by atoms with Gasteiger partial charge in [0.2, 0.25) is 5.91 Å². The van der Waals surface area contributed by atoms with Crippen LogP contribution in [-0.2, 0) is 45.3 Å². The number of amides is 1. The minimum atomic E-state index is -1.28. The SMILES string of the molecule is C[C@@H](C(=O)N(C)c1cc(Cl)c2c(c1)nc(-c1nn(COCC[Si](C)(C)C)c3c1C[C@@H]1C[C@]1(C)C3)n2COCC[Si](C)(C)C)N1CCOCC1. The third kappa shape index (κ3) is 8.21. The zero-order valence-electron chi connectivity index (χ0n) is 31.2. The minimum absolute atomic E-state index is 0.0149. The molecule has 1 aromatic carbocycles. The molecule has 13 heteroatoms. The number of fused-ring (bicyclic) bond motifs is 3. The number of rotatable bonds is 14. The molecule has 0 radical (unpaired) electrons.